The molecule has 0 aromatic heterocycles. The summed E-state index contributed by atoms with van der Waals surface area (Å²) < 4.78 is 0. The van der Waals surface area contributed by atoms with Crippen LogP contribution in [0.2, 0.25) is 0 Å². The quantitative estimate of drug-likeness (QED) is 0.568. The van der Waals surface area contributed by atoms with Gasteiger partial charge in [0.05, 0.1) is 11.8 Å². The minimum Gasteiger partial charge on any atom is -0.356 e. The highest BCUT2D eigenvalue weighted by molar-refractivity contribution is 5.84. The molecule has 4 heteroatoms. The Hall–Kier alpha value is -2.62. The molecule has 0 fully saturated rings. The van der Waals surface area contributed by atoms with E-state index < -0.39 is 0 Å². The molecule has 0 bridgehead atoms. The molecule has 0 saturated carbocycles. The van der Waals surface area contributed by atoms with Crippen molar-refractivity contribution in [3.63, 3.8) is 0 Å². The smallest absolute Gasteiger partial charge is 0.227 e. The minimum absolute atomic E-state index is 0.0767. The second kappa shape index (κ2) is 12.0. The van der Waals surface area contributed by atoms with Gasteiger partial charge in [0.15, 0.2) is 0 Å². The topological polar surface area (TPSA) is 58.2 Å². The normalized spacial score (nSPS) is 12.8. The van der Waals surface area contributed by atoms with Crippen LogP contribution in [0.25, 0.3) is 0 Å². The van der Waals surface area contributed by atoms with Crippen LogP contribution in [0.3, 0.4) is 0 Å². The van der Waals surface area contributed by atoms with E-state index in [0.717, 1.165) is 36.8 Å². The SMILES string of the molecule is CC[C@H](C(=O)NCCCCNC(=O)[C@@H](CC)c1ccccc1)c1ccccc1. The molecule has 0 radical (unpaired) electrons. The molecular formula is C24H32N2O2. The largest absolute Gasteiger partial charge is 0.356 e. The van der Waals surface area contributed by atoms with Gasteiger partial charge in [-0.15, -0.1) is 0 Å². The first-order valence-corrected chi connectivity index (χ1v) is 10.3. The van der Waals surface area contributed by atoms with Crippen LogP contribution in [0.15, 0.2) is 60.7 Å². The summed E-state index contributed by atoms with van der Waals surface area (Å²) in [6.45, 7) is 5.33. The number of hydrogen-bond donors (Lipinski definition) is 2. The summed E-state index contributed by atoms with van der Waals surface area (Å²) in [5, 5.41) is 6.06. The lowest BCUT2D eigenvalue weighted by molar-refractivity contribution is -0.123. The molecule has 2 N–H and O–H groups in total. The lowest BCUT2D eigenvalue weighted by atomic mass is 9.95. The van der Waals surface area contributed by atoms with Crippen molar-refractivity contribution in [3.8, 4) is 0 Å². The van der Waals surface area contributed by atoms with E-state index in [1.54, 1.807) is 0 Å². The van der Waals surface area contributed by atoms with Crippen molar-refractivity contribution in [1.82, 2.24) is 10.6 Å². The van der Waals surface area contributed by atoms with E-state index in [-0.39, 0.29) is 23.7 Å². The number of carbonyl (C=O) groups is 2. The van der Waals surface area contributed by atoms with Gasteiger partial charge < -0.3 is 10.6 Å². The first kappa shape index (κ1) is 21.7. The molecule has 0 saturated heterocycles. The van der Waals surface area contributed by atoms with Gasteiger partial charge in [0, 0.05) is 13.1 Å². The molecular weight excluding hydrogens is 348 g/mol. The Bertz CT molecular complexity index is 652. The molecule has 2 rings (SSSR count). The lowest BCUT2D eigenvalue weighted by Gasteiger charge is -2.16. The van der Waals surface area contributed by atoms with Crippen LogP contribution in [0.1, 0.15) is 62.5 Å². The minimum atomic E-state index is -0.0999. The second-order valence-corrected chi connectivity index (χ2v) is 7.03. The molecule has 0 aliphatic rings. The third kappa shape index (κ3) is 6.52. The molecule has 0 aliphatic carbocycles. The fraction of sp³-hybridized carbons (Fsp3) is 0.417. The van der Waals surface area contributed by atoms with Crippen molar-refractivity contribution in [2.24, 2.45) is 0 Å². The number of unbranched alkanes of at least 4 members (excludes halogenated alkanes) is 1. The van der Waals surface area contributed by atoms with E-state index in [1.165, 1.54) is 0 Å². The third-order valence-corrected chi connectivity index (χ3v) is 5.06. The molecule has 2 aromatic carbocycles. The van der Waals surface area contributed by atoms with Gasteiger partial charge in [-0.1, -0.05) is 74.5 Å². The zero-order chi connectivity index (χ0) is 20.2. The summed E-state index contributed by atoms with van der Waals surface area (Å²) in [5.74, 6) is -0.0464. The van der Waals surface area contributed by atoms with Crippen molar-refractivity contribution in [1.29, 1.82) is 0 Å². The van der Waals surface area contributed by atoms with Crippen LogP contribution in [0, 0.1) is 0 Å². The van der Waals surface area contributed by atoms with Crippen LogP contribution >= 0.6 is 0 Å². The predicted molar refractivity (Wildman–Crippen MR) is 114 cm³/mol. The maximum absolute atomic E-state index is 12.4. The third-order valence-electron chi connectivity index (χ3n) is 5.06. The zero-order valence-electron chi connectivity index (χ0n) is 17.0. The van der Waals surface area contributed by atoms with Gasteiger partial charge in [-0.05, 0) is 36.8 Å². The van der Waals surface area contributed by atoms with E-state index in [4.69, 9.17) is 0 Å². The average Bonchev–Trinajstić information content (AvgIpc) is 2.73. The monoisotopic (exact) mass is 380 g/mol. The highest BCUT2D eigenvalue weighted by Gasteiger charge is 2.18. The standard InChI is InChI=1S/C24H32N2O2/c1-3-21(19-13-7-5-8-14-19)23(27)25-17-11-12-18-26-24(28)22(4-2)20-15-9-6-10-16-20/h5-10,13-16,21-22H,3-4,11-12,17-18H2,1-2H3,(H,25,27)(H,26,28)/t21-,22-/m0/s1. The Labute approximate surface area is 168 Å². The Morgan fingerprint density at radius 3 is 1.36 bits per heavy atom. The van der Waals surface area contributed by atoms with E-state index >= 15 is 0 Å². The molecule has 0 spiro atoms. The molecule has 2 aromatic rings. The van der Waals surface area contributed by atoms with Crippen molar-refractivity contribution in [3.05, 3.63) is 71.8 Å². The summed E-state index contributed by atoms with van der Waals surface area (Å²) >= 11 is 0. The first-order chi connectivity index (χ1) is 13.7. The molecule has 28 heavy (non-hydrogen) atoms. The number of hydrogen-bond acceptors (Lipinski definition) is 2. The maximum Gasteiger partial charge on any atom is 0.227 e. The molecule has 4 nitrogen and oxygen atoms in total. The van der Waals surface area contributed by atoms with E-state index in [2.05, 4.69) is 10.6 Å². The van der Waals surface area contributed by atoms with Crippen LogP contribution < -0.4 is 10.6 Å². The Morgan fingerprint density at radius 1 is 0.679 bits per heavy atom. The summed E-state index contributed by atoms with van der Waals surface area (Å²) in [6, 6.07) is 19.8. The van der Waals surface area contributed by atoms with Gasteiger partial charge in [0.25, 0.3) is 0 Å². The predicted octanol–water partition coefficient (Wildman–Crippen LogP) is 4.39. The Balaban J connectivity index is 1.67. The fourth-order valence-corrected chi connectivity index (χ4v) is 3.44. The number of benzene rings is 2. The molecule has 2 atom stereocenters. The van der Waals surface area contributed by atoms with Crippen LogP contribution in [-0.4, -0.2) is 24.9 Å². The lowest BCUT2D eigenvalue weighted by Crippen LogP contribution is -2.32. The van der Waals surface area contributed by atoms with Crippen LogP contribution in [-0.2, 0) is 9.59 Å². The van der Waals surface area contributed by atoms with Gasteiger partial charge in [-0.2, -0.15) is 0 Å². The van der Waals surface area contributed by atoms with E-state index in [1.807, 2.05) is 74.5 Å². The highest BCUT2D eigenvalue weighted by Crippen LogP contribution is 2.20. The maximum atomic E-state index is 12.4. The van der Waals surface area contributed by atoms with E-state index in [9.17, 15) is 9.59 Å². The molecule has 2 amide bonds. The molecule has 150 valence electrons. The first-order valence-electron chi connectivity index (χ1n) is 10.3. The van der Waals surface area contributed by atoms with Crippen LogP contribution in [0.4, 0.5) is 0 Å². The highest BCUT2D eigenvalue weighted by atomic mass is 16.2. The van der Waals surface area contributed by atoms with Crippen molar-refractivity contribution < 1.29 is 9.59 Å². The number of amides is 2. The summed E-state index contributed by atoms with van der Waals surface area (Å²) in [4.78, 5) is 24.8. The second-order valence-electron chi connectivity index (χ2n) is 7.03. The molecule has 0 aliphatic heterocycles. The van der Waals surface area contributed by atoms with Crippen molar-refractivity contribution in [2.45, 2.75) is 51.4 Å². The number of nitrogens with one attached hydrogen (secondary N) is 2. The van der Waals surface area contributed by atoms with E-state index in [0.29, 0.717) is 13.1 Å². The van der Waals surface area contributed by atoms with Gasteiger partial charge in [0.2, 0.25) is 11.8 Å². The number of rotatable bonds is 11. The van der Waals surface area contributed by atoms with Crippen molar-refractivity contribution >= 4 is 11.8 Å². The fourth-order valence-electron chi connectivity index (χ4n) is 3.44. The number of carbonyl (C=O) groups excluding carboxylic acids is 2. The van der Waals surface area contributed by atoms with Gasteiger partial charge in [-0.3, -0.25) is 9.59 Å². The van der Waals surface area contributed by atoms with Gasteiger partial charge in [0.1, 0.15) is 0 Å². The Morgan fingerprint density at radius 2 is 1.04 bits per heavy atom. The van der Waals surface area contributed by atoms with Crippen molar-refractivity contribution in [2.75, 3.05) is 13.1 Å². The van der Waals surface area contributed by atoms with Crippen LogP contribution in [0.5, 0.6) is 0 Å². The molecule has 0 unspecified atom stereocenters. The Kier molecular flexibility index (Phi) is 9.26. The average molecular weight is 381 g/mol. The summed E-state index contributed by atoms with van der Waals surface area (Å²) in [7, 11) is 0. The van der Waals surface area contributed by atoms with Gasteiger partial charge >= 0.3 is 0 Å². The summed E-state index contributed by atoms with van der Waals surface area (Å²) in [5.41, 5.74) is 2.11. The summed E-state index contributed by atoms with van der Waals surface area (Å²) in [6.07, 6.45) is 3.26. The molecule has 0 heterocycles. The zero-order valence-corrected chi connectivity index (χ0v) is 17.0. The van der Waals surface area contributed by atoms with Gasteiger partial charge in [-0.25, -0.2) is 0 Å².